The Hall–Kier alpha value is -1.54. The predicted octanol–water partition coefficient (Wildman–Crippen LogP) is 5.58. The summed E-state index contributed by atoms with van der Waals surface area (Å²) in [5.74, 6) is 1.15. The summed E-state index contributed by atoms with van der Waals surface area (Å²) >= 11 is 3.73. The molecule has 2 aliphatic rings. The average Bonchev–Trinajstić information content (AvgIpc) is 2.97. The van der Waals surface area contributed by atoms with Crippen LogP contribution in [0.15, 0.2) is 59.1 Å². The third kappa shape index (κ3) is 2.04. The minimum absolute atomic E-state index is 0.370. The molecule has 1 aliphatic carbocycles. The molecule has 0 unspecified atom stereocenters. The van der Waals surface area contributed by atoms with Crippen molar-refractivity contribution >= 4 is 21.6 Å². The fraction of sp³-hybridized carbons (Fsp3) is 0.263. The molecule has 1 N–H and O–H groups in total. The average molecular weight is 340 g/mol. The monoisotopic (exact) mass is 339 g/mol. The lowest BCUT2D eigenvalue weighted by Gasteiger charge is -2.38. The fourth-order valence-electron chi connectivity index (χ4n) is 3.81. The van der Waals surface area contributed by atoms with Gasteiger partial charge in [0.1, 0.15) is 0 Å². The zero-order valence-electron chi connectivity index (χ0n) is 12.0. The van der Waals surface area contributed by atoms with E-state index in [0.717, 1.165) is 6.42 Å². The molecule has 0 aromatic heterocycles. The van der Waals surface area contributed by atoms with Crippen molar-refractivity contribution < 1.29 is 0 Å². The lowest BCUT2D eigenvalue weighted by atomic mass is 9.76. The lowest BCUT2D eigenvalue weighted by molar-refractivity contribution is 0.424. The van der Waals surface area contributed by atoms with Crippen molar-refractivity contribution in [1.29, 1.82) is 0 Å². The second-order valence-electron chi connectivity index (χ2n) is 6.04. The minimum atomic E-state index is 0.370. The molecule has 0 amide bonds. The van der Waals surface area contributed by atoms with Crippen molar-refractivity contribution in [3.05, 3.63) is 75.8 Å². The molecule has 106 valence electrons. The Morgan fingerprint density at radius 3 is 2.71 bits per heavy atom. The normalized spacial score (nSPS) is 26.1. The molecule has 4 rings (SSSR count). The molecule has 0 radical (unpaired) electrons. The number of benzene rings is 2. The molecule has 2 aromatic carbocycles. The predicted molar refractivity (Wildman–Crippen MR) is 91.7 cm³/mol. The van der Waals surface area contributed by atoms with Crippen molar-refractivity contribution in [3.63, 3.8) is 0 Å². The summed E-state index contributed by atoms with van der Waals surface area (Å²) < 4.78 is 1.20. The largest absolute Gasteiger partial charge is 0.377 e. The maximum atomic E-state index is 3.82. The first-order valence-corrected chi connectivity index (χ1v) is 8.32. The number of hydrogen-bond donors (Lipinski definition) is 1. The van der Waals surface area contributed by atoms with Crippen LogP contribution in [0, 0.1) is 12.8 Å². The van der Waals surface area contributed by atoms with Crippen molar-refractivity contribution in [2.45, 2.75) is 25.3 Å². The molecule has 0 saturated carbocycles. The van der Waals surface area contributed by atoms with Crippen molar-refractivity contribution in [2.75, 3.05) is 5.32 Å². The Balaban J connectivity index is 1.85. The van der Waals surface area contributed by atoms with Gasteiger partial charge in [-0.3, -0.25) is 0 Å². The van der Waals surface area contributed by atoms with E-state index in [1.54, 1.807) is 0 Å². The first-order valence-electron chi connectivity index (χ1n) is 7.53. The Morgan fingerprint density at radius 1 is 1.05 bits per heavy atom. The summed E-state index contributed by atoms with van der Waals surface area (Å²) in [6.07, 6.45) is 5.89. The number of allylic oxidation sites excluding steroid dienone is 2. The zero-order valence-corrected chi connectivity index (χ0v) is 13.6. The second kappa shape index (κ2) is 5.03. The molecular formula is C19H18BrN. The smallest absolute Gasteiger partial charge is 0.0565 e. The minimum Gasteiger partial charge on any atom is -0.377 e. The van der Waals surface area contributed by atoms with E-state index in [9.17, 15) is 0 Å². The molecule has 2 aromatic rings. The highest BCUT2D eigenvalue weighted by Crippen LogP contribution is 2.51. The number of fused-ring (bicyclic) bond motifs is 3. The van der Waals surface area contributed by atoms with Crippen LogP contribution < -0.4 is 5.32 Å². The van der Waals surface area contributed by atoms with Gasteiger partial charge in [0, 0.05) is 16.1 Å². The van der Waals surface area contributed by atoms with Gasteiger partial charge in [-0.05, 0) is 42.0 Å². The molecular weight excluding hydrogens is 322 g/mol. The van der Waals surface area contributed by atoms with E-state index in [1.807, 2.05) is 0 Å². The van der Waals surface area contributed by atoms with Gasteiger partial charge in [0.05, 0.1) is 6.04 Å². The molecule has 2 heteroatoms. The molecule has 1 nitrogen and oxygen atoms in total. The number of rotatable bonds is 1. The van der Waals surface area contributed by atoms with E-state index in [4.69, 9.17) is 0 Å². The molecule has 0 saturated heterocycles. The summed E-state index contributed by atoms with van der Waals surface area (Å²) in [7, 11) is 0. The summed E-state index contributed by atoms with van der Waals surface area (Å²) in [5.41, 5.74) is 5.48. The number of anilines is 1. The van der Waals surface area contributed by atoms with Crippen LogP contribution in [0.3, 0.4) is 0 Å². The standard InChI is InChI=1S/C19H18BrN/c1-12-6-4-9-14-13-8-5-10-15(13)19(21-18(12)14)16-7-2-3-11-17(16)20/h2-9,11,13,15,19,21H,10H2,1H3/t13-,15+,19+/m1/s1. The molecule has 0 spiro atoms. The third-order valence-electron chi connectivity index (χ3n) is 4.85. The van der Waals surface area contributed by atoms with Crippen LogP contribution >= 0.6 is 15.9 Å². The molecule has 21 heavy (non-hydrogen) atoms. The zero-order chi connectivity index (χ0) is 14.4. The second-order valence-corrected chi connectivity index (χ2v) is 6.89. The molecule has 0 fully saturated rings. The van der Waals surface area contributed by atoms with Gasteiger partial charge in [0.2, 0.25) is 0 Å². The topological polar surface area (TPSA) is 12.0 Å². The summed E-state index contributed by atoms with van der Waals surface area (Å²) in [6, 6.07) is 15.6. The highest BCUT2D eigenvalue weighted by atomic mass is 79.9. The highest BCUT2D eigenvalue weighted by Gasteiger charge is 2.38. The molecule has 1 heterocycles. The van der Waals surface area contributed by atoms with E-state index >= 15 is 0 Å². The fourth-order valence-corrected chi connectivity index (χ4v) is 4.34. The quantitative estimate of drug-likeness (QED) is 0.668. The summed E-state index contributed by atoms with van der Waals surface area (Å²) in [5, 5.41) is 3.82. The van der Waals surface area contributed by atoms with E-state index in [2.05, 4.69) is 82.8 Å². The van der Waals surface area contributed by atoms with Crippen LogP contribution in [0.4, 0.5) is 5.69 Å². The Kier molecular flexibility index (Phi) is 3.15. The van der Waals surface area contributed by atoms with Crippen LogP contribution in [0.1, 0.15) is 35.1 Å². The van der Waals surface area contributed by atoms with Crippen LogP contribution in [0.2, 0.25) is 0 Å². The maximum Gasteiger partial charge on any atom is 0.0565 e. The maximum absolute atomic E-state index is 3.82. The van der Waals surface area contributed by atoms with E-state index in [-0.39, 0.29) is 0 Å². The summed E-state index contributed by atoms with van der Waals surface area (Å²) in [4.78, 5) is 0. The van der Waals surface area contributed by atoms with Crippen molar-refractivity contribution in [1.82, 2.24) is 0 Å². The van der Waals surface area contributed by atoms with E-state index in [0.29, 0.717) is 17.9 Å². The number of halogens is 1. The first kappa shape index (κ1) is 13.1. The van der Waals surface area contributed by atoms with E-state index < -0.39 is 0 Å². The number of aryl methyl sites for hydroxylation is 1. The molecule has 1 aliphatic heterocycles. The van der Waals surface area contributed by atoms with Crippen LogP contribution in [0.5, 0.6) is 0 Å². The van der Waals surface area contributed by atoms with Crippen LogP contribution in [-0.4, -0.2) is 0 Å². The van der Waals surface area contributed by atoms with E-state index in [1.165, 1.54) is 26.9 Å². The Labute approximate surface area is 134 Å². The van der Waals surface area contributed by atoms with Gasteiger partial charge in [-0.1, -0.05) is 64.5 Å². The lowest BCUT2D eigenvalue weighted by Crippen LogP contribution is -2.29. The van der Waals surface area contributed by atoms with Gasteiger partial charge >= 0.3 is 0 Å². The van der Waals surface area contributed by atoms with Gasteiger partial charge in [0.15, 0.2) is 0 Å². The van der Waals surface area contributed by atoms with Gasteiger partial charge in [-0.15, -0.1) is 0 Å². The molecule has 3 atom stereocenters. The first-order chi connectivity index (χ1) is 10.3. The van der Waals surface area contributed by atoms with Crippen LogP contribution in [-0.2, 0) is 0 Å². The number of hydrogen-bond acceptors (Lipinski definition) is 1. The number of nitrogens with one attached hydrogen (secondary N) is 1. The van der Waals surface area contributed by atoms with Crippen LogP contribution in [0.25, 0.3) is 0 Å². The highest BCUT2D eigenvalue weighted by molar-refractivity contribution is 9.10. The Bertz CT molecular complexity index is 719. The van der Waals surface area contributed by atoms with Gasteiger partial charge < -0.3 is 5.32 Å². The van der Waals surface area contributed by atoms with Crippen molar-refractivity contribution in [2.24, 2.45) is 5.92 Å². The molecule has 0 bridgehead atoms. The SMILES string of the molecule is Cc1cccc2c1N[C@H](c1ccccc1Br)[C@H]1CC=C[C@H]21. The summed E-state index contributed by atoms with van der Waals surface area (Å²) in [6.45, 7) is 2.20. The van der Waals surface area contributed by atoms with Gasteiger partial charge in [-0.2, -0.15) is 0 Å². The third-order valence-corrected chi connectivity index (χ3v) is 5.57. The van der Waals surface area contributed by atoms with Gasteiger partial charge in [-0.25, -0.2) is 0 Å². The van der Waals surface area contributed by atoms with Crippen molar-refractivity contribution in [3.8, 4) is 0 Å². The number of para-hydroxylation sites is 1. The Morgan fingerprint density at radius 2 is 1.86 bits per heavy atom. The van der Waals surface area contributed by atoms with Gasteiger partial charge in [0.25, 0.3) is 0 Å².